The number of amides is 2. The summed E-state index contributed by atoms with van der Waals surface area (Å²) in [5.74, 6) is -0.623. The van der Waals surface area contributed by atoms with Crippen LogP contribution in [0.25, 0.3) is 0 Å². The van der Waals surface area contributed by atoms with Gasteiger partial charge >= 0.3 is 5.97 Å². The minimum Gasteiger partial charge on any atom is -0.468 e. The van der Waals surface area contributed by atoms with Gasteiger partial charge in [0.1, 0.15) is 12.1 Å². The third-order valence-corrected chi connectivity index (χ3v) is 4.25. The highest BCUT2D eigenvalue weighted by Gasteiger charge is 2.32. The maximum atomic E-state index is 12.5. The molecule has 0 aliphatic carbocycles. The van der Waals surface area contributed by atoms with Crippen LogP contribution >= 0.6 is 0 Å². The monoisotopic (exact) mass is 327 g/mol. The summed E-state index contributed by atoms with van der Waals surface area (Å²) >= 11 is 0. The molecule has 2 amide bonds. The molecule has 1 saturated heterocycles. The topological polar surface area (TPSA) is 87.7 Å². The van der Waals surface area contributed by atoms with Gasteiger partial charge in [0.2, 0.25) is 5.91 Å². The molecule has 23 heavy (non-hydrogen) atoms. The van der Waals surface area contributed by atoms with Crippen LogP contribution in [0.5, 0.6) is 0 Å². The average Bonchev–Trinajstić information content (AvgIpc) is 2.53. The maximum absolute atomic E-state index is 12.5. The van der Waals surface area contributed by atoms with Crippen molar-refractivity contribution in [3.8, 4) is 0 Å². The molecule has 1 aliphatic rings. The second-order valence-electron chi connectivity index (χ2n) is 6.33. The van der Waals surface area contributed by atoms with Crippen molar-refractivity contribution < 1.29 is 19.1 Å². The van der Waals surface area contributed by atoms with Crippen LogP contribution in [0, 0.1) is 11.8 Å². The van der Waals surface area contributed by atoms with Crippen LogP contribution in [0.4, 0.5) is 0 Å². The van der Waals surface area contributed by atoms with Gasteiger partial charge in [-0.2, -0.15) is 0 Å². The van der Waals surface area contributed by atoms with Crippen molar-refractivity contribution in [2.45, 2.75) is 59.0 Å². The summed E-state index contributed by atoms with van der Waals surface area (Å²) in [7, 11) is 1.32. The Morgan fingerprint density at radius 2 is 1.96 bits per heavy atom. The third-order valence-electron chi connectivity index (χ3n) is 4.25. The van der Waals surface area contributed by atoms with Gasteiger partial charge in [0.05, 0.1) is 7.11 Å². The number of carbonyl (C=O) groups excluding carboxylic acids is 3. The van der Waals surface area contributed by atoms with E-state index in [9.17, 15) is 14.4 Å². The van der Waals surface area contributed by atoms with E-state index in [1.54, 1.807) is 6.92 Å². The molecule has 2 N–H and O–H groups in total. The van der Waals surface area contributed by atoms with Crippen LogP contribution in [-0.2, 0) is 19.1 Å². The number of methoxy groups -OCH3 is 1. The van der Waals surface area contributed by atoms with Crippen molar-refractivity contribution in [2.24, 2.45) is 11.8 Å². The molecule has 0 bridgehead atoms. The number of esters is 1. The quantitative estimate of drug-likeness (QED) is 0.706. The molecule has 3 atom stereocenters. The number of hydrogen-bond donors (Lipinski definition) is 2. The number of nitrogens with one attached hydrogen (secondary N) is 2. The zero-order valence-corrected chi connectivity index (χ0v) is 14.7. The highest BCUT2D eigenvalue weighted by Crippen LogP contribution is 2.15. The van der Waals surface area contributed by atoms with Crippen molar-refractivity contribution in [3.63, 3.8) is 0 Å². The summed E-state index contributed by atoms with van der Waals surface area (Å²) in [5, 5.41) is 4.19. The van der Waals surface area contributed by atoms with Crippen LogP contribution in [0.3, 0.4) is 0 Å². The Kier molecular flexibility index (Phi) is 7.48. The van der Waals surface area contributed by atoms with Crippen LogP contribution in [-0.4, -0.2) is 48.5 Å². The first-order chi connectivity index (χ1) is 10.8. The van der Waals surface area contributed by atoms with Crippen molar-refractivity contribution in [1.82, 2.24) is 15.8 Å². The van der Waals surface area contributed by atoms with Gasteiger partial charge in [0, 0.05) is 12.5 Å². The van der Waals surface area contributed by atoms with E-state index in [4.69, 9.17) is 4.74 Å². The molecule has 0 aromatic rings. The zero-order chi connectivity index (χ0) is 17.6. The van der Waals surface area contributed by atoms with Crippen molar-refractivity contribution in [3.05, 3.63) is 0 Å². The summed E-state index contributed by atoms with van der Waals surface area (Å²) in [6.07, 6.45) is 2.07. The normalized spacial score (nSPS) is 20.8. The molecule has 0 saturated carbocycles. The van der Waals surface area contributed by atoms with E-state index in [0.29, 0.717) is 19.4 Å². The summed E-state index contributed by atoms with van der Waals surface area (Å²) in [5.41, 5.74) is 2.88. The van der Waals surface area contributed by atoms with E-state index in [1.165, 1.54) is 12.1 Å². The molecule has 1 fully saturated rings. The second kappa shape index (κ2) is 8.86. The lowest BCUT2D eigenvalue weighted by Crippen LogP contribution is -2.59. The first-order valence-corrected chi connectivity index (χ1v) is 8.27. The van der Waals surface area contributed by atoms with Crippen LogP contribution < -0.4 is 10.7 Å². The Labute approximate surface area is 138 Å². The predicted molar refractivity (Wildman–Crippen MR) is 86.1 cm³/mol. The van der Waals surface area contributed by atoms with E-state index in [-0.39, 0.29) is 29.6 Å². The van der Waals surface area contributed by atoms with E-state index < -0.39 is 12.1 Å². The molecule has 2 unspecified atom stereocenters. The number of nitrogens with zero attached hydrogens (tertiary/aromatic N) is 1. The molecule has 7 heteroatoms. The summed E-state index contributed by atoms with van der Waals surface area (Å²) in [6.45, 7) is 8.12. The van der Waals surface area contributed by atoms with Gasteiger partial charge in [-0.05, 0) is 32.1 Å². The van der Waals surface area contributed by atoms with Crippen LogP contribution in [0.15, 0.2) is 0 Å². The molecular formula is C16H29N3O4. The van der Waals surface area contributed by atoms with Gasteiger partial charge < -0.3 is 10.1 Å². The van der Waals surface area contributed by atoms with Crippen LogP contribution in [0.2, 0.25) is 0 Å². The SMILES string of the molecule is CC[C@H](C(=O)NC(C)C(=O)N1CCCC(C(=O)OC)N1)C(C)C. The number of rotatable bonds is 6. The lowest BCUT2D eigenvalue weighted by molar-refractivity contribution is -0.151. The standard InChI is InChI=1S/C16H29N3O4/c1-6-12(10(2)3)14(20)17-11(4)15(21)19-9-7-8-13(18-19)16(22)23-5/h10-13,18H,6-9H2,1-5H3,(H,17,20)/t11?,12-,13?/m0/s1. The van der Waals surface area contributed by atoms with E-state index >= 15 is 0 Å². The smallest absolute Gasteiger partial charge is 0.324 e. The fourth-order valence-corrected chi connectivity index (χ4v) is 2.83. The zero-order valence-electron chi connectivity index (χ0n) is 14.7. The van der Waals surface area contributed by atoms with Gasteiger partial charge in [-0.1, -0.05) is 20.8 Å². The van der Waals surface area contributed by atoms with Gasteiger partial charge in [-0.15, -0.1) is 0 Å². The fraction of sp³-hybridized carbons (Fsp3) is 0.812. The number of hydrazine groups is 1. The highest BCUT2D eigenvalue weighted by atomic mass is 16.5. The molecular weight excluding hydrogens is 298 g/mol. The van der Waals surface area contributed by atoms with Crippen molar-refractivity contribution in [1.29, 1.82) is 0 Å². The molecule has 0 spiro atoms. The molecule has 7 nitrogen and oxygen atoms in total. The summed E-state index contributed by atoms with van der Waals surface area (Å²) < 4.78 is 4.71. The predicted octanol–water partition coefficient (Wildman–Crippen LogP) is 0.842. The number of hydrogen-bond acceptors (Lipinski definition) is 5. The minimum absolute atomic E-state index is 0.107. The first-order valence-electron chi connectivity index (χ1n) is 8.27. The Morgan fingerprint density at radius 3 is 2.48 bits per heavy atom. The molecule has 0 aromatic heterocycles. The van der Waals surface area contributed by atoms with E-state index in [2.05, 4.69) is 10.7 Å². The molecule has 0 aromatic carbocycles. The second-order valence-corrected chi connectivity index (χ2v) is 6.33. The molecule has 1 heterocycles. The third kappa shape index (κ3) is 5.20. The average molecular weight is 327 g/mol. The lowest BCUT2D eigenvalue weighted by atomic mass is 9.92. The van der Waals surface area contributed by atoms with E-state index in [1.807, 2.05) is 20.8 Å². The number of carbonyl (C=O) groups is 3. The molecule has 1 aliphatic heterocycles. The molecule has 0 radical (unpaired) electrons. The van der Waals surface area contributed by atoms with E-state index in [0.717, 1.165) is 6.42 Å². The Balaban J connectivity index is 2.62. The lowest BCUT2D eigenvalue weighted by Gasteiger charge is -2.34. The Hall–Kier alpha value is -1.63. The van der Waals surface area contributed by atoms with Gasteiger partial charge in [-0.3, -0.25) is 19.4 Å². The Morgan fingerprint density at radius 1 is 1.30 bits per heavy atom. The van der Waals surface area contributed by atoms with Crippen molar-refractivity contribution >= 4 is 17.8 Å². The minimum atomic E-state index is -0.640. The van der Waals surface area contributed by atoms with Crippen LogP contribution in [0.1, 0.15) is 47.0 Å². The van der Waals surface area contributed by atoms with Gasteiger partial charge in [0.25, 0.3) is 5.91 Å². The molecule has 132 valence electrons. The summed E-state index contributed by atoms with van der Waals surface area (Å²) in [4.78, 5) is 36.3. The van der Waals surface area contributed by atoms with Gasteiger partial charge in [0.15, 0.2) is 0 Å². The Bertz CT molecular complexity index is 439. The fourth-order valence-electron chi connectivity index (χ4n) is 2.83. The highest BCUT2D eigenvalue weighted by molar-refractivity contribution is 5.88. The first kappa shape index (κ1) is 19.4. The maximum Gasteiger partial charge on any atom is 0.324 e. The van der Waals surface area contributed by atoms with Gasteiger partial charge in [-0.25, -0.2) is 5.43 Å². The molecule has 1 rings (SSSR count). The van der Waals surface area contributed by atoms with Crippen molar-refractivity contribution in [2.75, 3.05) is 13.7 Å². The summed E-state index contributed by atoms with van der Waals surface area (Å²) in [6, 6.07) is -1.15. The number of ether oxygens (including phenoxy) is 1. The largest absolute Gasteiger partial charge is 0.468 e.